The largest absolute Gasteiger partial charge is 0.317 e. The summed E-state index contributed by atoms with van der Waals surface area (Å²) in [5.41, 5.74) is 0. The van der Waals surface area contributed by atoms with Gasteiger partial charge in [-0.05, 0) is 50.6 Å². The minimum atomic E-state index is -3.36. The molecule has 0 aromatic rings. The monoisotopic (exact) mass is 319 g/mol. The van der Waals surface area contributed by atoms with Crippen LogP contribution in [0.5, 0.6) is 0 Å². The lowest BCUT2D eigenvalue weighted by molar-refractivity contribution is 0.341. The van der Waals surface area contributed by atoms with E-state index in [9.17, 15) is 8.42 Å². The van der Waals surface area contributed by atoms with Crippen molar-refractivity contribution in [3.05, 3.63) is 0 Å². The van der Waals surface area contributed by atoms with Crippen molar-refractivity contribution in [2.24, 2.45) is 11.8 Å². The highest BCUT2D eigenvalue weighted by molar-refractivity contribution is 7.87. The highest BCUT2D eigenvalue weighted by atomic mass is 32.2. The molecule has 0 radical (unpaired) electrons. The second-order valence-corrected chi connectivity index (χ2v) is 8.61. The number of hydrogen-bond acceptors (Lipinski definition) is 3. The molecule has 1 fully saturated rings. The number of piperidine rings is 1. The van der Waals surface area contributed by atoms with Crippen LogP contribution < -0.4 is 10.0 Å². The molecule has 126 valence electrons. The Morgan fingerprint density at radius 1 is 1.05 bits per heavy atom. The molecule has 0 unspecified atom stereocenters. The standard InChI is InChI=1S/C15H33N3O2S/c1-13(2)7-11-18(12-8-14(3)4)21(19,20)17-15-5-9-16-10-6-15/h13-17H,5-12H2,1-4H3. The van der Waals surface area contributed by atoms with Gasteiger partial charge >= 0.3 is 0 Å². The van der Waals surface area contributed by atoms with Gasteiger partial charge < -0.3 is 5.32 Å². The molecule has 0 atom stereocenters. The van der Waals surface area contributed by atoms with Crippen LogP contribution in [-0.4, -0.2) is 44.9 Å². The number of rotatable bonds is 9. The highest BCUT2D eigenvalue weighted by Gasteiger charge is 2.26. The third-order valence-corrected chi connectivity index (χ3v) is 5.58. The summed E-state index contributed by atoms with van der Waals surface area (Å²) in [5.74, 6) is 1.03. The van der Waals surface area contributed by atoms with Crippen LogP contribution in [0.2, 0.25) is 0 Å². The fourth-order valence-corrected chi connectivity index (χ4v) is 3.88. The number of nitrogens with one attached hydrogen (secondary N) is 2. The Kier molecular flexibility index (Phi) is 8.16. The minimum Gasteiger partial charge on any atom is -0.317 e. The lowest BCUT2D eigenvalue weighted by Crippen LogP contribution is -2.49. The van der Waals surface area contributed by atoms with Gasteiger partial charge in [0.1, 0.15) is 0 Å². The number of hydrogen-bond donors (Lipinski definition) is 2. The fraction of sp³-hybridized carbons (Fsp3) is 1.00. The fourth-order valence-electron chi connectivity index (χ4n) is 2.38. The van der Waals surface area contributed by atoms with Crippen LogP contribution in [0.4, 0.5) is 0 Å². The molecule has 0 aromatic heterocycles. The highest BCUT2D eigenvalue weighted by Crippen LogP contribution is 2.12. The van der Waals surface area contributed by atoms with Crippen molar-refractivity contribution in [3.8, 4) is 0 Å². The molecule has 1 heterocycles. The Labute approximate surface area is 131 Å². The Balaban J connectivity index is 2.63. The molecule has 21 heavy (non-hydrogen) atoms. The van der Waals surface area contributed by atoms with Gasteiger partial charge in [0.25, 0.3) is 10.2 Å². The first-order valence-corrected chi connectivity index (χ1v) is 9.73. The van der Waals surface area contributed by atoms with Gasteiger partial charge in [-0.3, -0.25) is 0 Å². The molecule has 1 aliphatic heterocycles. The van der Waals surface area contributed by atoms with E-state index in [2.05, 4.69) is 37.7 Å². The van der Waals surface area contributed by atoms with Crippen molar-refractivity contribution in [3.63, 3.8) is 0 Å². The first kappa shape index (κ1) is 18.9. The maximum Gasteiger partial charge on any atom is 0.279 e. The van der Waals surface area contributed by atoms with Crippen molar-refractivity contribution >= 4 is 10.2 Å². The first-order valence-electron chi connectivity index (χ1n) is 8.29. The van der Waals surface area contributed by atoms with Crippen LogP contribution in [0.15, 0.2) is 0 Å². The zero-order valence-corrected chi connectivity index (χ0v) is 14.9. The maximum atomic E-state index is 12.6. The van der Waals surface area contributed by atoms with Crippen molar-refractivity contribution in [1.82, 2.24) is 14.3 Å². The summed E-state index contributed by atoms with van der Waals surface area (Å²) in [7, 11) is -3.36. The zero-order chi connectivity index (χ0) is 15.9. The Morgan fingerprint density at radius 3 is 1.95 bits per heavy atom. The van der Waals surface area contributed by atoms with E-state index in [1.807, 2.05) is 0 Å². The maximum absolute atomic E-state index is 12.6. The summed E-state index contributed by atoms with van der Waals surface area (Å²) >= 11 is 0. The van der Waals surface area contributed by atoms with E-state index in [-0.39, 0.29) is 6.04 Å². The van der Waals surface area contributed by atoms with Gasteiger partial charge in [-0.1, -0.05) is 27.7 Å². The molecule has 5 nitrogen and oxygen atoms in total. The molecule has 0 bridgehead atoms. The minimum absolute atomic E-state index is 0.0804. The second kappa shape index (κ2) is 9.08. The predicted octanol–water partition coefficient (Wildman–Crippen LogP) is 1.97. The van der Waals surface area contributed by atoms with E-state index in [0.717, 1.165) is 38.8 Å². The molecule has 2 N–H and O–H groups in total. The molecule has 6 heteroatoms. The zero-order valence-electron chi connectivity index (χ0n) is 14.1. The summed E-state index contributed by atoms with van der Waals surface area (Å²) < 4.78 is 29.8. The molecular formula is C15H33N3O2S. The Morgan fingerprint density at radius 2 is 1.52 bits per heavy atom. The Hall–Kier alpha value is -0.170. The second-order valence-electron chi connectivity index (χ2n) is 6.91. The van der Waals surface area contributed by atoms with Crippen LogP contribution in [0.1, 0.15) is 53.4 Å². The predicted molar refractivity (Wildman–Crippen MR) is 88.4 cm³/mol. The smallest absolute Gasteiger partial charge is 0.279 e. The van der Waals surface area contributed by atoms with Crippen LogP contribution in [0.3, 0.4) is 0 Å². The topological polar surface area (TPSA) is 61.4 Å². The normalized spacial score (nSPS) is 18.0. The quantitative estimate of drug-likeness (QED) is 0.683. The average Bonchev–Trinajstić information content (AvgIpc) is 2.38. The molecular weight excluding hydrogens is 286 g/mol. The van der Waals surface area contributed by atoms with Crippen molar-refractivity contribution in [1.29, 1.82) is 0 Å². The SMILES string of the molecule is CC(C)CCN(CCC(C)C)S(=O)(=O)NC1CCNCC1. The summed E-state index contributed by atoms with van der Waals surface area (Å²) in [6, 6.07) is 0.0804. The molecule has 0 aromatic carbocycles. The molecule has 1 rings (SSSR count). The van der Waals surface area contributed by atoms with Crippen LogP contribution in [-0.2, 0) is 10.2 Å². The number of nitrogens with zero attached hydrogens (tertiary/aromatic N) is 1. The van der Waals surface area contributed by atoms with E-state index in [1.165, 1.54) is 0 Å². The summed E-state index contributed by atoms with van der Waals surface area (Å²) in [6.07, 6.45) is 3.57. The lowest BCUT2D eigenvalue weighted by atomic mass is 10.1. The van der Waals surface area contributed by atoms with Gasteiger partial charge in [0.2, 0.25) is 0 Å². The molecule has 0 spiro atoms. The Bertz CT molecular complexity index is 364. The van der Waals surface area contributed by atoms with Crippen molar-refractivity contribution < 1.29 is 8.42 Å². The lowest BCUT2D eigenvalue weighted by Gasteiger charge is -2.29. The van der Waals surface area contributed by atoms with E-state index < -0.39 is 10.2 Å². The molecule has 1 saturated heterocycles. The van der Waals surface area contributed by atoms with Crippen molar-refractivity contribution in [2.45, 2.75) is 59.4 Å². The van der Waals surface area contributed by atoms with E-state index >= 15 is 0 Å². The molecule has 1 aliphatic rings. The van der Waals surface area contributed by atoms with Gasteiger partial charge in [0.15, 0.2) is 0 Å². The third-order valence-electron chi connectivity index (χ3n) is 3.91. The van der Waals surface area contributed by atoms with E-state index in [4.69, 9.17) is 0 Å². The van der Waals surface area contributed by atoms with Crippen molar-refractivity contribution in [2.75, 3.05) is 26.2 Å². The van der Waals surface area contributed by atoms with Gasteiger partial charge in [0.05, 0.1) is 0 Å². The summed E-state index contributed by atoms with van der Waals surface area (Å²) in [6.45, 7) is 11.5. The summed E-state index contributed by atoms with van der Waals surface area (Å²) in [4.78, 5) is 0. The van der Waals surface area contributed by atoms with Crippen LogP contribution >= 0.6 is 0 Å². The molecule has 0 amide bonds. The van der Waals surface area contributed by atoms with E-state index in [1.54, 1.807) is 4.31 Å². The van der Waals surface area contributed by atoms with Crippen LogP contribution in [0.25, 0.3) is 0 Å². The average molecular weight is 320 g/mol. The van der Waals surface area contributed by atoms with Gasteiger partial charge in [-0.25, -0.2) is 0 Å². The van der Waals surface area contributed by atoms with Gasteiger partial charge in [-0.15, -0.1) is 0 Å². The van der Waals surface area contributed by atoms with Crippen LogP contribution in [0, 0.1) is 11.8 Å². The van der Waals surface area contributed by atoms with Gasteiger partial charge in [-0.2, -0.15) is 17.4 Å². The molecule has 0 saturated carbocycles. The molecule has 0 aliphatic carbocycles. The third kappa shape index (κ3) is 7.58. The van der Waals surface area contributed by atoms with Gasteiger partial charge in [0, 0.05) is 19.1 Å². The summed E-state index contributed by atoms with van der Waals surface area (Å²) in [5, 5.41) is 3.26. The van der Waals surface area contributed by atoms with E-state index in [0.29, 0.717) is 24.9 Å². The first-order chi connectivity index (χ1) is 9.81.